The first-order chi connectivity index (χ1) is 13.2. The highest BCUT2D eigenvalue weighted by molar-refractivity contribution is 14.0. The average Bonchev–Trinajstić information content (AvgIpc) is 2.69. The van der Waals surface area contributed by atoms with Crippen LogP contribution in [0.5, 0.6) is 0 Å². The molecule has 0 unspecified atom stereocenters. The molecule has 1 aromatic carbocycles. The first-order valence-corrected chi connectivity index (χ1v) is 10.3. The van der Waals surface area contributed by atoms with Crippen LogP contribution in [0.25, 0.3) is 0 Å². The summed E-state index contributed by atoms with van der Waals surface area (Å²) in [7, 11) is 0. The van der Waals surface area contributed by atoms with E-state index in [0.29, 0.717) is 38.6 Å². The average molecular weight is 502 g/mol. The summed E-state index contributed by atoms with van der Waals surface area (Å²) in [6.07, 6.45) is 3.53. The maximum Gasteiger partial charge on any atom is 0.191 e. The van der Waals surface area contributed by atoms with Gasteiger partial charge in [0.05, 0.1) is 12.1 Å². The number of guanidine groups is 1. The summed E-state index contributed by atoms with van der Waals surface area (Å²) < 4.78 is 5.35. The zero-order chi connectivity index (χ0) is 19.0. The molecule has 0 aliphatic carbocycles. The third kappa shape index (κ3) is 7.50. The minimum absolute atomic E-state index is 0. The van der Waals surface area contributed by atoms with E-state index < -0.39 is 5.60 Å². The second-order valence-corrected chi connectivity index (χ2v) is 7.71. The van der Waals surface area contributed by atoms with Gasteiger partial charge in [-0.25, -0.2) is 0 Å². The van der Waals surface area contributed by atoms with Gasteiger partial charge in [-0.1, -0.05) is 30.3 Å². The van der Waals surface area contributed by atoms with Crippen LogP contribution in [0.1, 0.15) is 38.2 Å². The maximum atomic E-state index is 10.6. The highest BCUT2D eigenvalue weighted by atomic mass is 127. The Bertz CT molecular complexity index is 585. The van der Waals surface area contributed by atoms with Crippen molar-refractivity contribution in [3.8, 4) is 0 Å². The van der Waals surface area contributed by atoms with Gasteiger partial charge in [-0.05, 0) is 25.3 Å². The lowest BCUT2D eigenvalue weighted by Crippen LogP contribution is -2.49. The molecule has 0 bridgehead atoms. The zero-order valence-electron chi connectivity index (χ0n) is 16.9. The number of aliphatic imine (C=N–C) groups is 1. The summed E-state index contributed by atoms with van der Waals surface area (Å²) in [4.78, 5) is 7.18. The fourth-order valence-electron chi connectivity index (χ4n) is 3.73. The Kier molecular flexibility index (Phi) is 9.98. The lowest BCUT2D eigenvalue weighted by Gasteiger charge is -2.34. The van der Waals surface area contributed by atoms with E-state index in [1.165, 1.54) is 5.56 Å². The lowest BCUT2D eigenvalue weighted by molar-refractivity contribution is -0.0566. The van der Waals surface area contributed by atoms with Crippen molar-refractivity contribution in [1.82, 2.24) is 15.5 Å². The topological polar surface area (TPSA) is 69.1 Å². The minimum atomic E-state index is -0.723. The van der Waals surface area contributed by atoms with Gasteiger partial charge in [-0.2, -0.15) is 0 Å². The number of nitrogens with zero attached hydrogens (tertiary/aromatic N) is 2. The zero-order valence-corrected chi connectivity index (χ0v) is 19.2. The van der Waals surface area contributed by atoms with Crippen LogP contribution in [0.3, 0.4) is 0 Å². The van der Waals surface area contributed by atoms with Crippen molar-refractivity contribution in [3.63, 3.8) is 0 Å². The quantitative estimate of drug-likeness (QED) is 0.317. The van der Waals surface area contributed by atoms with Crippen LogP contribution in [-0.4, -0.2) is 67.0 Å². The SMILES string of the molecule is CCNC(=NCC1(O)CCOCC1)NC1CCN(Cc2ccccc2)CC1.I. The number of likely N-dealkylation sites (tertiary alicyclic amines) is 1. The van der Waals surface area contributed by atoms with Crippen LogP contribution >= 0.6 is 24.0 Å². The monoisotopic (exact) mass is 502 g/mol. The Morgan fingerprint density at radius 3 is 2.54 bits per heavy atom. The molecule has 0 spiro atoms. The van der Waals surface area contributed by atoms with E-state index in [-0.39, 0.29) is 24.0 Å². The normalized spacial score (nSPS) is 21.0. The van der Waals surface area contributed by atoms with Gasteiger partial charge >= 0.3 is 0 Å². The number of hydrogen-bond acceptors (Lipinski definition) is 4. The van der Waals surface area contributed by atoms with Gasteiger partial charge in [0, 0.05) is 58.3 Å². The summed E-state index contributed by atoms with van der Waals surface area (Å²) in [6, 6.07) is 11.1. The number of piperidine rings is 1. The molecular weight excluding hydrogens is 467 g/mol. The molecule has 6 nitrogen and oxygen atoms in total. The van der Waals surface area contributed by atoms with Crippen LogP contribution in [0.4, 0.5) is 0 Å². The van der Waals surface area contributed by atoms with E-state index in [9.17, 15) is 5.11 Å². The highest BCUT2D eigenvalue weighted by Crippen LogP contribution is 2.20. The lowest BCUT2D eigenvalue weighted by atomic mass is 9.95. The second-order valence-electron chi connectivity index (χ2n) is 7.71. The van der Waals surface area contributed by atoms with Crippen molar-refractivity contribution in [2.45, 2.75) is 50.8 Å². The molecule has 2 aliphatic heterocycles. The predicted molar refractivity (Wildman–Crippen MR) is 124 cm³/mol. The molecule has 3 rings (SSSR count). The Morgan fingerprint density at radius 1 is 1.21 bits per heavy atom. The third-order valence-corrected chi connectivity index (χ3v) is 5.48. The van der Waals surface area contributed by atoms with Gasteiger partial charge in [0.15, 0.2) is 5.96 Å². The minimum Gasteiger partial charge on any atom is -0.388 e. The van der Waals surface area contributed by atoms with Gasteiger partial charge in [-0.3, -0.25) is 9.89 Å². The second kappa shape index (κ2) is 11.9. The molecule has 1 aromatic rings. The van der Waals surface area contributed by atoms with Gasteiger partial charge in [0.1, 0.15) is 0 Å². The van der Waals surface area contributed by atoms with Crippen molar-refractivity contribution in [2.75, 3.05) is 39.4 Å². The maximum absolute atomic E-state index is 10.6. The van der Waals surface area contributed by atoms with Crippen molar-refractivity contribution >= 4 is 29.9 Å². The Morgan fingerprint density at radius 2 is 1.89 bits per heavy atom. The first kappa shape index (κ1) is 23.4. The Labute approximate surface area is 186 Å². The molecule has 3 N–H and O–H groups in total. The molecule has 2 fully saturated rings. The molecule has 2 aliphatic rings. The van der Waals surface area contributed by atoms with E-state index in [1.807, 2.05) is 0 Å². The van der Waals surface area contributed by atoms with Gasteiger partial charge in [0.2, 0.25) is 0 Å². The molecule has 0 amide bonds. The summed E-state index contributed by atoms with van der Waals surface area (Å²) in [5.74, 6) is 0.818. The summed E-state index contributed by atoms with van der Waals surface area (Å²) >= 11 is 0. The number of nitrogens with one attached hydrogen (secondary N) is 2. The van der Waals surface area contributed by atoms with Crippen LogP contribution in [0, 0.1) is 0 Å². The largest absolute Gasteiger partial charge is 0.388 e. The van der Waals surface area contributed by atoms with Crippen LogP contribution < -0.4 is 10.6 Å². The van der Waals surface area contributed by atoms with Crippen molar-refractivity contribution < 1.29 is 9.84 Å². The summed E-state index contributed by atoms with van der Waals surface area (Å²) in [6.45, 7) is 7.77. The molecule has 0 atom stereocenters. The number of hydrogen-bond donors (Lipinski definition) is 3. The third-order valence-electron chi connectivity index (χ3n) is 5.48. The van der Waals surface area contributed by atoms with E-state index in [4.69, 9.17) is 4.74 Å². The van der Waals surface area contributed by atoms with Gasteiger partial charge in [-0.15, -0.1) is 24.0 Å². The van der Waals surface area contributed by atoms with Gasteiger partial charge in [0.25, 0.3) is 0 Å². The van der Waals surface area contributed by atoms with Crippen LogP contribution in [0.2, 0.25) is 0 Å². The van der Waals surface area contributed by atoms with Crippen molar-refractivity contribution in [1.29, 1.82) is 0 Å². The number of ether oxygens (including phenoxy) is 1. The van der Waals surface area contributed by atoms with Crippen LogP contribution in [0.15, 0.2) is 35.3 Å². The molecule has 7 heteroatoms. The molecule has 2 saturated heterocycles. The van der Waals surface area contributed by atoms with E-state index >= 15 is 0 Å². The predicted octanol–water partition coefficient (Wildman–Crippen LogP) is 2.37. The van der Waals surface area contributed by atoms with E-state index in [0.717, 1.165) is 45.0 Å². The number of aliphatic hydroxyl groups is 1. The molecule has 28 heavy (non-hydrogen) atoms. The first-order valence-electron chi connectivity index (χ1n) is 10.3. The fourth-order valence-corrected chi connectivity index (χ4v) is 3.73. The summed E-state index contributed by atoms with van der Waals surface area (Å²) in [5.41, 5.74) is 0.656. The van der Waals surface area contributed by atoms with Crippen LogP contribution in [-0.2, 0) is 11.3 Å². The highest BCUT2D eigenvalue weighted by Gasteiger charge is 2.29. The van der Waals surface area contributed by atoms with E-state index in [1.54, 1.807) is 0 Å². The Balaban J connectivity index is 0.00000280. The number of rotatable bonds is 6. The van der Waals surface area contributed by atoms with E-state index in [2.05, 4.69) is 57.8 Å². The Hall–Kier alpha value is -0.900. The van der Waals surface area contributed by atoms with Crippen molar-refractivity contribution in [2.24, 2.45) is 4.99 Å². The molecule has 158 valence electrons. The fraction of sp³-hybridized carbons (Fsp3) is 0.667. The summed E-state index contributed by atoms with van der Waals surface area (Å²) in [5, 5.41) is 17.5. The molecule has 0 aromatic heterocycles. The molecule has 0 radical (unpaired) electrons. The number of benzene rings is 1. The number of halogens is 1. The molecular formula is C21H35IN4O2. The van der Waals surface area contributed by atoms with Gasteiger partial charge < -0.3 is 20.5 Å². The molecule has 2 heterocycles. The molecule has 0 saturated carbocycles. The standard InChI is InChI=1S/C21H34N4O2.HI/c1-2-22-20(23-17-21(26)10-14-27-15-11-21)24-19-8-12-25(13-9-19)16-18-6-4-3-5-7-18;/h3-7,19,26H,2,8-17H2,1H3,(H2,22,23,24);1H. The van der Waals surface area contributed by atoms with Crippen molar-refractivity contribution in [3.05, 3.63) is 35.9 Å². The smallest absolute Gasteiger partial charge is 0.191 e.